The second kappa shape index (κ2) is 7.40. The molecule has 4 nitrogen and oxygen atoms in total. The van der Waals surface area contributed by atoms with Gasteiger partial charge in [0.15, 0.2) is 5.82 Å². The first-order chi connectivity index (χ1) is 9.70. The Morgan fingerprint density at radius 1 is 1.40 bits per heavy atom. The average molecular weight is 295 g/mol. The Labute approximate surface area is 121 Å². The van der Waals surface area contributed by atoms with E-state index in [0.29, 0.717) is 28.9 Å². The molecule has 0 spiro atoms. The average Bonchev–Trinajstić information content (AvgIpc) is 2.93. The summed E-state index contributed by atoms with van der Waals surface area (Å²) < 4.78 is 18.7. The predicted octanol–water partition coefficient (Wildman–Crippen LogP) is 3.34. The number of hydrogen-bond acceptors (Lipinski definition) is 5. The van der Waals surface area contributed by atoms with Crippen LogP contribution in [0.5, 0.6) is 0 Å². The molecule has 1 heterocycles. The molecule has 2 aromatic rings. The highest BCUT2D eigenvalue weighted by atomic mass is 32.2. The fourth-order valence-electron chi connectivity index (χ4n) is 1.78. The van der Waals surface area contributed by atoms with Gasteiger partial charge in [-0.1, -0.05) is 24.2 Å². The molecule has 20 heavy (non-hydrogen) atoms. The highest BCUT2D eigenvalue weighted by molar-refractivity contribution is 7.98. The molecular formula is C14H18FN3OS. The zero-order chi connectivity index (χ0) is 14.4. The van der Waals surface area contributed by atoms with Crippen LogP contribution in [-0.2, 0) is 5.75 Å². The van der Waals surface area contributed by atoms with Crippen molar-refractivity contribution in [2.45, 2.75) is 36.3 Å². The van der Waals surface area contributed by atoms with Crippen LogP contribution in [0.2, 0.25) is 0 Å². The minimum Gasteiger partial charge on any atom is -0.339 e. The molecule has 0 fully saturated rings. The summed E-state index contributed by atoms with van der Waals surface area (Å²) in [4.78, 5) is 4.94. The molecule has 1 atom stereocenters. The molecule has 6 heteroatoms. The first kappa shape index (κ1) is 15.0. The lowest BCUT2D eigenvalue weighted by Crippen LogP contribution is -2.02. The summed E-state index contributed by atoms with van der Waals surface area (Å²) in [6.07, 6.45) is 1.86. The lowest BCUT2D eigenvalue weighted by Gasteiger charge is -2.03. The third-order valence-electron chi connectivity index (χ3n) is 2.94. The van der Waals surface area contributed by atoms with Gasteiger partial charge in [-0.25, -0.2) is 4.39 Å². The normalized spacial score (nSPS) is 12.6. The van der Waals surface area contributed by atoms with E-state index in [4.69, 9.17) is 10.3 Å². The summed E-state index contributed by atoms with van der Waals surface area (Å²) in [5, 5.41) is 3.93. The first-order valence-corrected chi connectivity index (χ1v) is 7.59. The van der Waals surface area contributed by atoms with Crippen molar-refractivity contribution in [1.82, 2.24) is 10.1 Å². The van der Waals surface area contributed by atoms with Crippen LogP contribution in [0.25, 0.3) is 0 Å². The van der Waals surface area contributed by atoms with Crippen molar-refractivity contribution in [2.24, 2.45) is 5.73 Å². The number of aromatic nitrogens is 2. The predicted molar refractivity (Wildman–Crippen MR) is 77.0 cm³/mol. The van der Waals surface area contributed by atoms with Crippen LogP contribution in [0.1, 0.15) is 37.4 Å². The van der Waals surface area contributed by atoms with E-state index in [1.54, 1.807) is 12.1 Å². The van der Waals surface area contributed by atoms with Gasteiger partial charge in [-0.15, -0.1) is 11.8 Å². The fraction of sp³-hybridized carbons (Fsp3) is 0.429. The number of thioether (sulfide) groups is 1. The fourth-order valence-corrected chi connectivity index (χ4v) is 2.56. The van der Waals surface area contributed by atoms with Gasteiger partial charge in [0.05, 0.1) is 5.75 Å². The molecule has 2 rings (SSSR count). The van der Waals surface area contributed by atoms with E-state index in [1.807, 2.05) is 13.0 Å². The molecule has 0 aliphatic rings. The smallest absolute Gasteiger partial charge is 0.229 e. The van der Waals surface area contributed by atoms with Crippen LogP contribution in [0.3, 0.4) is 0 Å². The lowest BCUT2D eigenvalue weighted by molar-refractivity contribution is 0.349. The Kier molecular flexibility index (Phi) is 5.55. The second-order valence-electron chi connectivity index (χ2n) is 4.60. The van der Waals surface area contributed by atoms with Crippen LogP contribution in [0.15, 0.2) is 33.7 Å². The van der Waals surface area contributed by atoms with Gasteiger partial charge in [-0.2, -0.15) is 4.98 Å². The van der Waals surface area contributed by atoms with Crippen LogP contribution in [-0.4, -0.2) is 16.7 Å². The van der Waals surface area contributed by atoms with Crippen molar-refractivity contribution < 1.29 is 8.91 Å². The number of nitrogens with zero attached hydrogens (tertiary/aromatic N) is 2. The van der Waals surface area contributed by atoms with Crippen molar-refractivity contribution in [2.75, 3.05) is 6.54 Å². The Morgan fingerprint density at radius 2 is 2.20 bits per heavy atom. The monoisotopic (exact) mass is 295 g/mol. The lowest BCUT2D eigenvalue weighted by atomic mass is 10.1. The van der Waals surface area contributed by atoms with Gasteiger partial charge in [0.25, 0.3) is 0 Å². The van der Waals surface area contributed by atoms with E-state index < -0.39 is 0 Å². The third kappa shape index (κ3) is 4.05. The topological polar surface area (TPSA) is 64.9 Å². The molecule has 0 saturated heterocycles. The van der Waals surface area contributed by atoms with Crippen LogP contribution in [0, 0.1) is 5.82 Å². The number of nitrogens with two attached hydrogens (primary N) is 1. The highest BCUT2D eigenvalue weighted by Crippen LogP contribution is 2.25. The number of benzene rings is 1. The van der Waals surface area contributed by atoms with Crippen molar-refractivity contribution in [3.05, 3.63) is 41.8 Å². The molecule has 0 saturated carbocycles. The van der Waals surface area contributed by atoms with E-state index in [2.05, 4.69) is 10.1 Å². The molecule has 1 aromatic heterocycles. The minimum absolute atomic E-state index is 0.207. The minimum atomic E-state index is -0.225. The van der Waals surface area contributed by atoms with E-state index in [1.165, 1.54) is 17.8 Å². The molecule has 0 bridgehead atoms. The molecule has 1 unspecified atom stereocenters. The summed E-state index contributed by atoms with van der Waals surface area (Å²) >= 11 is 1.36. The van der Waals surface area contributed by atoms with Crippen LogP contribution < -0.4 is 5.73 Å². The van der Waals surface area contributed by atoms with Gasteiger partial charge in [0.1, 0.15) is 5.82 Å². The van der Waals surface area contributed by atoms with E-state index in [0.717, 1.165) is 12.8 Å². The zero-order valence-electron chi connectivity index (χ0n) is 11.4. The molecular weight excluding hydrogens is 277 g/mol. The molecule has 108 valence electrons. The highest BCUT2D eigenvalue weighted by Gasteiger charge is 2.14. The molecule has 0 aliphatic carbocycles. The number of rotatable bonds is 7. The second-order valence-corrected chi connectivity index (χ2v) is 5.62. The van der Waals surface area contributed by atoms with Gasteiger partial charge in [-0.3, -0.25) is 0 Å². The van der Waals surface area contributed by atoms with Gasteiger partial charge in [-0.05, 0) is 31.5 Å². The Bertz CT molecular complexity index is 547. The van der Waals surface area contributed by atoms with Gasteiger partial charge < -0.3 is 10.3 Å². The third-order valence-corrected chi connectivity index (χ3v) is 3.98. The maximum atomic E-state index is 13.5. The molecule has 0 radical (unpaired) electrons. The summed E-state index contributed by atoms with van der Waals surface area (Å²) in [6.45, 7) is 2.70. The van der Waals surface area contributed by atoms with Gasteiger partial charge >= 0.3 is 0 Å². The summed E-state index contributed by atoms with van der Waals surface area (Å²) in [5.74, 6) is 1.69. The van der Waals surface area contributed by atoms with Crippen LogP contribution in [0.4, 0.5) is 4.39 Å². The van der Waals surface area contributed by atoms with Crippen molar-refractivity contribution in [3.63, 3.8) is 0 Å². The molecule has 0 amide bonds. The molecule has 0 aliphatic heterocycles. The summed E-state index contributed by atoms with van der Waals surface area (Å²) in [5.41, 5.74) is 5.48. The number of hydrogen-bond donors (Lipinski definition) is 1. The Hall–Kier alpha value is -1.40. The van der Waals surface area contributed by atoms with Crippen molar-refractivity contribution in [1.29, 1.82) is 0 Å². The quantitative estimate of drug-likeness (QED) is 0.794. The number of halogens is 1. The van der Waals surface area contributed by atoms with E-state index in [9.17, 15) is 4.39 Å². The van der Waals surface area contributed by atoms with Crippen LogP contribution >= 0.6 is 11.8 Å². The molecule has 2 N–H and O–H groups in total. The Morgan fingerprint density at radius 3 is 2.95 bits per heavy atom. The largest absolute Gasteiger partial charge is 0.339 e. The first-order valence-electron chi connectivity index (χ1n) is 6.60. The Balaban J connectivity index is 1.91. The van der Waals surface area contributed by atoms with Crippen molar-refractivity contribution in [3.8, 4) is 0 Å². The standard InChI is InChI=1S/C14H18FN3OS/c1-10(5-4-8-16)14-17-13(18-19-14)9-20-12-7-3-2-6-11(12)15/h2-3,6-7,10H,4-5,8-9,16H2,1H3. The maximum Gasteiger partial charge on any atom is 0.229 e. The maximum absolute atomic E-state index is 13.5. The summed E-state index contributed by atoms with van der Waals surface area (Å²) in [6, 6.07) is 6.66. The van der Waals surface area contributed by atoms with Crippen molar-refractivity contribution >= 4 is 11.8 Å². The van der Waals surface area contributed by atoms with E-state index >= 15 is 0 Å². The zero-order valence-corrected chi connectivity index (χ0v) is 12.2. The summed E-state index contributed by atoms with van der Waals surface area (Å²) in [7, 11) is 0. The molecule has 1 aromatic carbocycles. The van der Waals surface area contributed by atoms with Gasteiger partial charge in [0.2, 0.25) is 5.89 Å². The SMILES string of the molecule is CC(CCCN)c1nc(CSc2ccccc2F)no1. The van der Waals surface area contributed by atoms with E-state index in [-0.39, 0.29) is 11.7 Å². The van der Waals surface area contributed by atoms with Gasteiger partial charge in [0, 0.05) is 10.8 Å².